The Labute approximate surface area is 138 Å². The van der Waals surface area contributed by atoms with Crippen molar-refractivity contribution in [2.45, 2.75) is 44.9 Å². The molecule has 2 rings (SSSR count). The van der Waals surface area contributed by atoms with Gasteiger partial charge in [-0.05, 0) is 51.4 Å². The number of anilines is 1. The van der Waals surface area contributed by atoms with Gasteiger partial charge in [-0.1, -0.05) is 24.6 Å². The number of hydrogen-bond acceptors (Lipinski definition) is 3. The molecule has 1 saturated heterocycles. The summed E-state index contributed by atoms with van der Waals surface area (Å²) in [6.45, 7) is 12.2. The molecule has 1 aromatic carbocycles. The van der Waals surface area contributed by atoms with Gasteiger partial charge in [0.2, 0.25) is 0 Å². The third kappa shape index (κ3) is 4.54. The first-order chi connectivity index (χ1) is 9.93. The summed E-state index contributed by atoms with van der Waals surface area (Å²) in [5.74, 6) is 1.17. The Balaban J connectivity index is 2.12. The second-order valence-corrected chi connectivity index (χ2v) is 8.63. The van der Waals surface area contributed by atoms with Gasteiger partial charge in [0.15, 0.2) is 0 Å². The molecule has 4 heteroatoms. The minimum atomic E-state index is 0.302. The van der Waals surface area contributed by atoms with Crippen LogP contribution in [0.1, 0.15) is 45.7 Å². The van der Waals surface area contributed by atoms with Crippen molar-refractivity contribution in [3.05, 3.63) is 28.8 Å². The molecule has 21 heavy (non-hydrogen) atoms. The summed E-state index contributed by atoms with van der Waals surface area (Å²) < 4.78 is 0.302. The number of benzene rings is 1. The molecule has 0 aromatic heterocycles. The molecule has 1 unspecified atom stereocenters. The van der Waals surface area contributed by atoms with Crippen LogP contribution in [0.15, 0.2) is 18.2 Å². The van der Waals surface area contributed by atoms with E-state index in [4.69, 9.17) is 11.6 Å². The van der Waals surface area contributed by atoms with Crippen molar-refractivity contribution >= 4 is 29.1 Å². The Hall–Kier alpha value is -0.380. The van der Waals surface area contributed by atoms with Gasteiger partial charge in [-0.25, -0.2) is 0 Å². The number of rotatable bonds is 5. The Morgan fingerprint density at radius 1 is 1.43 bits per heavy atom. The van der Waals surface area contributed by atoms with Crippen molar-refractivity contribution in [3.8, 4) is 0 Å². The van der Waals surface area contributed by atoms with E-state index in [-0.39, 0.29) is 0 Å². The summed E-state index contributed by atoms with van der Waals surface area (Å²) in [6, 6.07) is 6.88. The molecule has 0 saturated carbocycles. The van der Waals surface area contributed by atoms with E-state index in [9.17, 15) is 0 Å². The first kappa shape index (κ1) is 17.0. The highest BCUT2D eigenvalue weighted by atomic mass is 35.5. The van der Waals surface area contributed by atoms with Crippen LogP contribution >= 0.6 is 23.4 Å². The number of hydrogen-bond donors (Lipinski definition) is 1. The molecular formula is C17H27ClN2S. The third-order valence-electron chi connectivity index (χ3n) is 3.94. The second kappa shape index (κ2) is 7.26. The lowest BCUT2D eigenvalue weighted by Crippen LogP contribution is -2.43. The molecule has 1 aliphatic heterocycles. The smallest absolute Gasteiger partial charge is 0.0642 e. The number of nitrogens with zero attached hydrogens (tertiary/aromatic N) is 1. The maximum atomic E-state index is 6.56. The van der Waals surface area contributed by atoms with E-state index in [0.717, 1.165) is 31.1 Å². The molecule has 0 bridgehead atoms. The maximum absolute atomic E-state index is 6.56. The quantitative estimate of drug-likeness (QED) is 0.842. The molecule has 2 nitrogen and oxygen atoms in total. The predicted octanol–water partition coefficient (Wildman–Crippen LogP) is 4.73. The molecule has 118 valence electrons. The van der Waals surface area contributed by atoms with E-state index >= 15 is 0 Å². The monoisotopic (exact) mass is 326 g/mol. The first-order valence-electron chi connectivity index (χ1n) is 7.84. The Kier molecular flexibility index (Phi) is 5.87. The largest absolute Gasteiger partial charge is 0.368 e. The van der Waals surface area contributed by atoms with E-state index in [1.807, 2.05) is 11.8 Å². The van der Waals surface area contributed by atoms with Crippen molar-refractivity contribution in [2.24, 2.45) is 0 Å². The molecule has 1 aromatic rings. The van der Waals surface area contributed by atoms with Gasteiger partial charge in [-0.15, -0.1) is 0 Å². The average molecular weight is 327 g/mol. The van der Waals surface area contributed by atoms with Gasteiger partial charge in [0, 0.05) is 29.6 Å². The minimum Gasteiger partial charge on any atom is -0.368 e. The number of thioether (sulfide) groups is 1. The fraction of sp³-hybridized carbons (Fsp3) is 0.647. The lowest BCUT2D eigenvalue weighted by molar-refractivity contribution is 0.570. The molecule has 0 radical (unpaired) electrons. The molecule has 1 N–H and O–H groups in total. The zero-order valence-corrected chi connectivity index (χ0v) is 15.2. The predicted molar refractivity (Wildman–Crippen MR) is 96.9 cm³/mol. The SMILES string of the molecule is CCCNC(C)c1ccc(N2CCSC(C)(C)C2)c(Cl)c1. The molecule has 1 atom stereocenters. The second-order valence-electron chi connectivity index (χ2n) is 6.42. The van der Waals surface area contributed by atoms with Crippen LogP contribution in [0.5, 0.6) is 0 Å². The van der Waals surface area contributed by atoms with Gasteiger partial charge in [0.05, 0.1) is 10.7 Å². The van der Waals surface area contributed by atoms with E-state index in [1.165, 1.54) is 17.0 Å². The summed E-state index contributed by atoms with van der Waals surface area (Å²) in [5.41, 5.74) is 2.44. The Morgan fingerprint density at radius 3 is 2.81 bits per heavy atom. The minimum absolute atomic E-state index is 0.302. The van der Waals surface area contributed by atoms with Crippen molar-refractivity contribution < 1.29 is 0 Å². The van der Waals surface area contributed by atoms with Crippen LogP contribution in [0.3, 0.4) is 0 Å². The van der Waals surface area contributed by atoms with Crippen LogP contribution in [-0.4, -0.2) is 30.1 Å². The highest BCUT2D eigenvalue weighted by molar-refractivity contribution is 8.00. The van der Waals surface area contributed by atoms with E-state index in [2.05, 4.69) is 56.1 Å². The van der Waals surface area contributed by atoms with Crippen LogP contribution in [-0.2, 0) is 0 Å². The van der Waals surface area contributed by atoms with Crippen LogP contribution in [0.2, 0.25) is 5.02 Å². The summed E-state index contributed by atoms with van der Waals surface area (Å²) in [5, 5.41) is 4.39. The topological polar surface area (TPSA) is 15.3 Å². The van der Waals surface area contributed by atoms with E-state index < -0.39 is 0 Å². The lowest BCUT2D eigenvalue weighted by atomic mass is 10.1. The number of nitrogens with one attached hydrogen (secondary N) is 1. The summed E-state index contributed by atoms with van der Waals surface area (Å²) in [7, 11) is 0. The fourth-order valence-electron chi connectivity index (χ4n) is 2.75. The summed E-state index contributed by atoms with van der Waals surface area (Å²) >= 11 is 8.60. The van der Waals surface area contributed by atoms with Crippen molar-refractivity contribution in [1.82, 2.24) is 5.32 Å². The van der Waals surface area contributed by atoms with Crippen LogP contribution in [0, 0.1) is 0 Å². The summed E-state index contributed by atoms with van der Waals surface area (Å²) in [6.07, 6.45) is 1.15. The van der Waals surface area contributed by atoms with Crippen LogP contribution in [0.4, 0.5) is 5.69 Å². The van der Waals surface area contributed by atoms with Gasteiger partial charge < -0.3 is 10.2 Å². The molecule has 0 amide bonds. The van der Waals surface area contributed by atoms with E-state index in [0.29, 0.717) is 10.8 Å². The first-order valence-corrected chi connectivity index (χ1v) is 9.21. The van der Waals surface area contributed by atoms with Gasteiger partial charge in [0.25, 0.3) is 0 Å². The fourth-order valence-corrected chi connectivity index (χ4v) is 4.17. The normalized spacial score (nSPS) is 19.6. The lowest BCUT2D eigenvalue weighted by Gasteiger charge is -2.39. The maximum Gasteiger partial charge on any atom is 0.0642 e. The molecular weight excluding hydrogens is 300 g/mol. The standard InChI is InChI=1S/C17H27ClN2S/c1-5-8-19-13(2)14-6-7-16(15(18)11-14)20-9-10-21-17(3,4)12-20/h6-7,11,13,19H,5,8-10,12H2,1-4H3. The Morgan fingerprint density at radius 2 is 2.19 bits per heavy atom. The average Bonchev–Trinajstić information content (AvgIpc) is 2.43. The summed E-state index contributed by atoms with van der Waals surface area (Å²) in [4.78, 5) is 2.42. The number of halogens is 1. The Bertz CT molecular complexity index is 476. The van der Waals surface area contributed by atoms with Crippen molar-refractivity contribution in [3.63, 3.8) is 0 Å². The molecule has 0 spiro atoms. The van der Waals surface area contributed by atoms with Crippen LogP contribution in [0.25, 0.3) is 0 Å². The zero-order chi connectivity index (χ0) is 15.5. The van der Waals surface area contributed by atoms with Gasteiger partial charge in [0.1, 0.15) is 0 Å². The molecule has 0 aliphatic carbocycles. The van der Waals surface area contributed by atoms with Gasteiger partial charge in [-0.2, -0.15) is 11.8 Å². The zero-order valence-electron chi connectivity index (χ0n) is 13.6. The van der Waals surface area contributed by atoms with Gasteiger partial charge >= 0.3 is 0 Å². The van der Waals surface area contributed by atoms with Crippen molar-refractivity contribution in [2.75, 3.05) is 30.3 Å². The molecule has 1 aliphatic rings. The van der Waals surface area contributed by atoms with Gasteiger partial charge in [-0.3, -0.25) is 0 Å². The van der Waals surface area contributed by atoms with Crippen molar-refractivity contribution in [1.29, 1.82) is 0 Å². The highest BCUT2D eigenvalue weighted by Crippen LogP contribution is 2.36. The molecule has 1 fully saturated rings. The van der Waals surface area contributed by atoms with Crippen LogP contribution < -0.4 is 10.2 Å². The van der Waals surface area contributed by atoms with E-state index in [1.54, 1.807) is 0 Å². The third-order valence-corrected chi connectivity index (χ3v) is 5.54. The highest BCUT2D eigenvalue weighted by Gasteiger charge is 2.28. The molecule has 1 heterocycles.